The van der Waals surface area contributed by atoms with Gasteiger partial charge in [-0.3, -0.25) is 0 Å². The van der Waals surface area contributed by atoms with E-state index in [1.54, 1.807) is 0 Å². The van der Waals surface area contributed by atoms with Gasteiger partial charge in [-0.1, -0.05) is 36.4 Å². The second-order valence-electron chi connectivity index (χ2n) is 3.71. The average Bonchev–Trinajstić information content (AvgIpc) is 3.08. The summed E-state index contributed by atoms with van der Waals surface area (Å²) in [6, 6.07) is 16.5. The van der Waals surface area contributed by atoms with E-state index in [1.807, 2.05) is 18.2 Å². The highest BCUT2D eigenvalue weighted by Crippen LogP contribution is 2.38. The number of fused-ring (bicyclic) bond motifs is 1. The number of epoxide rings is 1. The molecule has 1 aliphatic rings. The maximum absolute atomic E-state index is 8.68. The molecule has 0 spiro atoms. The third-order valence-corrected chi connectivity index (χ3v) is 2.72. The summed E-state index contributed by atoms with van der Waals surface area (Å²) in [4.78, 5) is 0. The van der Waals surface area contributed by atoms with Crippen molar-refractivity contribution in [3.8, 4) is 6.07 Å². The van der Waals surface area contributed by atoms with Crippen LogP contribution in [0, 0.1) is 11.3 Å². The molecular formula is C13H9NO. The number of hydrogen-bond donors (Lipinski definition) is 0. The fourth-order valence-electron chi connectivity index (χ4n) is 1.85. The summed E-state index contributed by atoms with van der Waals surface area (Å²) in [5.74, 6) is 0. The molecule has 0 unspecified atom stereocenters. The van der Waals surface area contributed by atoms with Crippen molar-refractivity contribution in [3.05, 3.63) is 48.0 Å². The second kappa shape index (κ2) is 3.08. The third-order valence-electron chi connectivity index (χ3n) is 2.72. The van der Waals surface area contributed by atoms with Crippen LogP contribution < -0.4 is 0 Å². The van der Waals surface area contributed by atoms with Gasteiger partial charge in [0.2, 0.25) is 0 Å². The highest BCUT2D eigenvalue weighted by atomic mass is 16.6. The predicted molar refractivity (Wildman–Crippen MR) is 57.2 cm³/mol. The topological polar surface area (TPSA) is 36.3 Å². The van der Waals surface area contributed by atoms with Crippen LogP contribution in [0.3, 0.4) is 0 Å². The molecule has 2 aromatic rings. The first-order valence-electron chi connectivity index (χ1n) is 4.92. The molecule has 0 bridgehead atoms. The van der Waals surface area contributed by atoms with Gasteiger partial charge < -0.3 is 4.74 Å². The molecule has 0 saturated carbocycles. The number of ether oxygens (including phenoxy) is 1. The largest absolute Gasteiger partial charge is 0.348 e. The van der Waals surface area contributed by atoms with Crippen molar-refractivity contribution >= 4 is 10.8 Å². The van der Waals surface area contributed by atoms with E-state index >= 15 is 0 Å². The minimum Gasteiger partial charge on any atom is -0.348 e. The number of rotatable bonds is 1. The summed E-state index contributed by atoms with van der Waals surface area (Å²) in [7, 11) is 0. The van der Waals surface area contributed by atoms with Crippen molar-refractivity contribution < 1.29 is 4.74 Å². The summed E-state index contributed by atoms with van der Waals surface area (Å²) in [5, 5.41) is 11.1. The Kier molecular flexibility index (Phi) is 1.74. The molecule has 0 N–H and O–H groups in total. The van der Waals surface area contributed by atoms with Crippen molar-refractivity contribution in [2.24, 2.45) is 0 Å². The zero-order valence-electron chi connectivity index (χ0n) is 8.05. The van der Waals surface area contributed by atoms with Crippen LogP contribution in [0.1, 0.15) is 11.7 Å². The lowest BCUT2D eigenvalue weighted by Gasteiger charge is -1.99. The normalized spacial score (nSPS) is 23.7. The van der Waals surface area contributed by atoms with Gasteiger partial charge in [0.15, 0.2) is 6.10 Å². The molecule has 1 aliphatic heterocycles. The lowest BCUT2D eigenvalue weighted by Crippen LogP contribution is -1.84. The van der Waals surface area contributed by atoms with Crippen LogP contribution in [-0.4, -0.2) is 6.10 Å². The molecule has 1 fully saturated rings. The minimum absolute atomic E-state index is 0.0143. The lowest BCUT2D eigenvalue weighted by molar-refractivity contribution is 0.396. The van der Waals surface area contributed by atoms with Gasteiger partial charge in [-0.15, -0.1) is 0 Å². The Balaban J connectivity index is 2.05. The van der Waals surface area contributed by atoms with Crippen LogP contribution in [0.4, 0.5) is 0 Å². The SMILES string of the molecule is N#C[C@H]1O[C@@H]1c1ccc2ccccc2c1. The number of benzene rings is 2. The Hall–Kier alpha value is -1.85. The molecular weight excluding hydrogens is 186 g/mol. The molecule has 1 heterocycles. The first kappa shape index (κ1) is 8.46. The molecule has 2 nitrogen and oxygen atoms in total. The molecule has 2 aromatic carbocycles. The van der Waals surface area contributed by atoms with Crippen LogP contribution in [-0.2, 0) is 4.74 Å². The minimum atomic E-state index is -0.244. The second-order valence-corrected chi connectivity index (χ2v) is 3.71. The van der Waals surface area contributed by atoms with Crippen molar-refractivity contribution in [2.45, 2.75) is 12.2 Å². The summed E-state index contributed by atoms with van der Waals surface area (Å²) in [6.07, 6.45) is -0.259. The van der Waals surface area contributed by atoms with Crippen LogP contribution in [0.5, 0.6) is 0 Å². The van der Waals surface area contributed by atoms with E-state index < -0.39 is 0 Å². The highest BCUT2D eigenvalue weighted by molar-refractivity contribution is 5.83. The summed E-state index contributed by atoms with van der Waals surface area (Å²) in [6.45, 7) is 0. The number of nitrogens with zero attached hydrogens (tertiary/aromatic N) is 1. The van der Waals surface area contributed by atoms with Crippen LogP contribution in [0.2, 0.25) is 0 Å². The molecule has 2 atom stereocenters. The molecule has 3 rings (SSSR count). The predicted octanol–water partition coefficient (Wildman–Crippen LogP) is 2.80. The van der Waals surface area contributed by atoms with Gasteiger partial charge in [0, 0.05) is 0 Å². The zero-order chi connectivity index (χ0) is 10.3. The van der Waals surface area contributed by atoms with Crippen LogP contribution >= 0.6 is 0 Å². The van der Waals surface area contributed by atoms with E-state index in [0.29, 0.717) is 0 Å². The van der Waals surface area contributed by atoms with Crippen molar-refractivity contribution in [2.75, 3.05) is 0 Å². The monoisotopic (exact) mass is 195 g/mol. The van der Waals surface area contributed by atoms with Crippen molar-refractivity contribution in [1.82, 2.24) is 0 Å². The quantitative estimate of drug-likeness (QED) is 0.656. The van der Waals surface area contributed by atoms with E-state index in [9.17, 15) is 0 Å². The van der Waals surface area contributed by atoms with Gasteiger partial charge >= 0.3 is 0 Å². The first-order valence-corrected chi connectivity index (χ1v) is 4.92. The number of nitriles is 1. The molecule has 15 heavy (non-hydrogen) atoms. The van der Waals surface area contributed by atoms with Gasteiger partial charge in [-0.2, -0.15) is 5.26 Å². The Morgan fingerprint density at radius 2 is 1.87 bits per heavy atom. The van der Waals surface area contributed by atoms with E-state index in [-0.39, 0.29) is 12.2 Å². The standard InChI is InChI=1S/C13H9NO/c14-8-12-13(15-12)11-6-5-9-3-1-2-4-10(9)7-11/h1-7,12-13H/t12-,13-/m1/s1. The van der Waals surface area contributed by atoms with Gasteiger partial charge in [0.1, 0.15) is 6.10 Å². The Bertz CT molecular complexity index is 556. The Morgan fingerprint density at radius 1 is 1.07 bits per heavy atom. The van der Waals surface area contributed by atoms with Crippen molar-refractivity contribution in [1.29, 1.82) is 5.26 Å². The Morgan fingerprint density at radius 3 is 2.60 bits per heavy atom. The summed E-state index contributed by atoms with van der Waals surface area (Å²) >= 11 is 0. The summed E-state index contributed by atoms with van der Waals surface area (Å²) in [5.41, 5.74) is 1.10. The fourth-order valence-corrected chi connectivity index (χ4v) is 1.85. The summed E-state index contributed by atoms with van der Waals surface area (Å²) < 4.78 is 5.24. The molecule has 2 heteroatoms. The molecule has 1 saturated heterocycles. The van der Waals surface area contributed by atoms with Gasteiger partial charge in [0.05, 0.1) is 6.07 Å². The Labute approximate surface area is 87.7 Å². The van der Waals surface area contributed by atoms with Gasteiger partial charge in [0.25, 0.3) is 0 Å². The van der Waals surface area contributed by atoms with E-state index in [0.717, 1.165) is 5.56 Å². The van der Waals surface area contributed by atoms with Gasteiger partial charge in [-0.05, 0) is 22.4 Å². The average molecular weight is 195 g/mol. The smallest absolute Gasteiger partial charge is 0.175 e. The maximum atomic E-state index is 8.68. The lowest BCUT2D eigenvalue weighted by atomic mass is 10.0. The zero-order valence-corrected chi connectivity index (χ0v) is 8.05. The molecule has 72 valence electrons. The van der Waals surface area contributed by atoms with E-state index in [1.165, 1.54) is 10.8 Å². The highest BCUT2D eigenvalue weighted by Gasteiger charge is 2.40. The van der Waals surface area contributed by atoms with Crippen LogP contribution in [0.25, 0.3) is 10.8 Å². The van der Waals surface area contributed by atoms with E-state index in [4.69, 9.17) is 10.00 Å². The fraction of sp³-hybridized carbons (Fsp3) is 0.154. The molecule has 0 radical (unpaired) electrons. The van der Waals surface area contributed by atoms with Crippen molar-refractivity contribution in [3.63, 3.8) is 0 Å². The van der Waals surface area contributed by atoms with Gasteiger partial charge in [-0.25, -0.2) is 0 Å². The molecule has 0 aromatic heterocycles. The van der Waals surface area contributed by atoms with E-state index in [2.05, 4.69) is 30.3 Å². The molecule has 0 aliphatic carbocycles. The van der Waals surface area contributed by atoms with Crippen LogP contribution in [0.15, 0.2) is 42.5 Å². The first-order chi connectivity index (χ1) is 7.38. The number of hydrogen-bond acceptors (Lipinski definition) is 2. The third kappa shape index (κ3) is 1.38. The maximum Gasteiger partial charge on any atom is 0.175 e. The molecule has 0 amide bonds.